The Bertz CT molecular complexity index is 2690. The van der Waals surface area contributed by atoms with E-state index in [2.05, 4.69) is 15.6 Å². The van der Waals surface area contributed by atoms with Crippen molar-refractivity contribution in [3.8, 4) is 0 Å². The molecule has 1 aromatic heterocycles. The summed E-state index contributed by atoms with van der Waals surface area (Å²) in [6.45, 7) is 4.32. The van der Waals surface area contributed by atoms with Crippen LogP contribution in [-0.2, 0) is 49.2 Å². The van der Waals surface area contributed by atoms with Crippen LogP contribution in [0.1, 0.15) is 84.8 Å². The summed E-state index contributed by atoms with van der Waals surface area (Å²) in [6, 6.07) is 3.76. The lowest BCUT2D eigenvalue weighted by Gasteiger charge is -2.48. The standard InChI is InChI=1S/C66H101N3O26/c1-36-19-15-13-11-9-7-5-6-8-10-12-14-16-21-44(92-63-57(82)53(55(80)39(4)91-63)69-35-66(88)61(85)60(48(77)34-89-66)94-64-59(84)58(83)56(81)50(33-70)93-64)30-49-52(62(86)68-26-24-40-20-17-18-25-67-40)47(76)32-65(87,95-49)31-43(73)28-46(75)45(74)23-22-41(71)27-42(72)29-51(78)90-38(3)37(2)54(36)79/h5-21,25,36-39,41-50,52-61,63-64,69-77,79-85,87-88H,22-24,26-35H2,1-4H3,(H,68,86)/b6-5+,9-7+,10-8+,13-11+,14-12+,19-15+,21-16+/t36-,37-,38-,39+,41+,42+,43-,44-,45+,46+,47-,48+,49?,50+,52?,53-,54+,55+,56+,57-,58-,59+,60+,61-,63?,64?,65+,66+/m0/s1. The number of aliphatic hydroxyl groups is 17. The van der Waals surface area contributed by atoms with Gasteiger partial charge in [0.25, 0.3) is 0 Å². The molecule has 5 aliphatic heterocycles. The number of carbonyl (C=O) groups is 2. The number of fused-ring (bicyclic) bond motifs is 2. The number of amides is 1. The number of nitrogens with zero attached hydrogens (tertiary/aromatic N) is 1. The Balaban J connectivity index is 1.26. The highest BCUT2D eigenvalue weighted by molar-refractivity contribution is 5.80. The fourth-order valence-electron chi connectivity index (χ4n) is 12.0. The molecule has 0 radical (unpaired) electrons. The molecular formula is C66H101N3O26. The average Bonchev–Trinajstić information content (AvgIpc) is 0.789. The van der Waals surface area contributed by atoms with Crippen LogP contribution in [0.2, 0.25) is 0 Å². The number of rotatable bonds is 12. The molecule has 0 aromatic carbocycles. The van der Waals surface area contributed by atoms with E-state index in [0.29, 0.717) is 5.69 Å². The molecule has 4 fully saturated rings. The van der Waals surface area contributed by atoms with E-state index in [1.807, 2.05) is 6.92 Å². The van der Waals surface area contributed by atoms with Gasteiger partial charge in [0.15, 0.2) is 18.4 Å². The summed E-state index contributed by atoms with van der Waals surface area (Å²) in [5.41, 5.74) is 0.641. The molecule has 0 aliphatic carbocycles. The first kappa shape index (κ1) is 79.3. The van der Waals surface area contributed by atoms with Crippen LogP contribution >= 0.6 is 0 Å². The second-order valence-electron chi connectivity index (χ2n) is 25.4. The van der Waals surface area contributed by atoms with Crippen molar-refractivity contribution < 1.29 is 130 Å². The quantitative estimate of drug-likeness (QED) is 0.0909. The maximum atomic E-state index is 14.3. The summed E-state index contributed by atoms with van der Waals surface area (Å²) < 4.78 is 40.8. The molecule has 29 nitrogen and oxygen atoms in total. The monoisotopic (exact) mass is 1350 g/mol. The van der Waals surface area contributed by atoms with E-state index in [0.717, 1.165) is 0 Å². The van der Waals surface area contributed by atoms with E-state index < -0.39 is 228 Å². The maximum absolute atomic E-state index is 14.3. The van der Waals surface area contributed by atoms with Crippen LogP contribution in [0, 0.1) is 17.8 Å². The van der Waals surface area contributed by atoms with E-state index >= 15 is 0 Å². The number of esters is 1. The largest absolute Gasteiger partial charge is 0.462 e. The van der Waals surface area contributed by atoms with Gasteiger partial charge in [0.1, 0.15) is 54.9 Å². The van der Waals surface area contributed by atoms with Crippen LogP contribution in [0.5, 0.6) is 0 Å². The smallest absolute Gasteiger partial charge is 0.308 e. The number of ether oxygens (including phenoxy) is 7. The van der Waals surface area contributed by atoms with Crippen molar-refractivity contribution in [1.82, 2.24) is 15.6 Å². The van der Waals surface area contributed by atoms with Gasteiger partial charge < -0.3 is 131 Å². The van der Waals surface area contributed by atoms with Crippen molar-refractivity contribution >= 4 is 11.9 Å². The summed E-state index contributed by atoms with van der Waals surface area (Å²) in [6.07, 6.45) is -12.1. The predicted octanol–water partition coefficient (Wildman–Crippen LogP) is -3.36. The van der Waals surface area contributed by atoms with Crippen molar-refractivity contribution in [2.24, 2.45) is 17.8 Å². The summed E-state index contributed by atoms with van der Waals surface area (Å²) in [4.78, 5) is 31.4. The van der Waals surface area contributed by atoms with Gasteiger partial charge in [0.05, 0.1) is 105 Å². The number of aromatic nitrogens is 1. The zero-order valence-corrected chi connectivity index (χ0v) is 53.8. The summed E-state index contributed by atoms with van der Waals surface area (Å²) in [7, 11) is 0. The second kappa shape index (κ2) is 38.0. The summed E-state index contributed by atoms with van der Waals surface area (Å²) >= 11 is 0. The molecule has 19 N–H and O–H groups in total. The van der Waals surface area contributed by atoms with Gasteiger partial charge in [-0.25, -0.2) is 0 Å². The van der Waals surface area contributed by atoms with Crippen LogP contribution < -0.4 is 10.6 Å². The fraction of sp³-hybridized carbons (Fsp3) is 0.682. The topological polar surface area (TPSA) is 480 Å². The highest BCUT2D eigenvalue weighted by atomic mass is 16.7. The molecule has 0 saturated carbocycles. The Hall–Kier alpha value is -4.69. The van der Waals surface area contributed by atoms with Gasteiger partial charge in [-0.3, -0.25) is 14.6 Å². The summed E-state index contributed by atoms with van der Waals surface area (Å²) in [5, 5.41) is 194. The molecule has 28 atom stereocenters. The van der Waals surface area contributed by atoms with E-state index in [1.54, 1.807) is 117 Å². The van der Waals surface area contributed by atoms with E-state index in [9.17, 15) is 96.4 Å². The van der Waals surface area contributed by atoms with Crippen molar-refractivity contribution in [1.29, 1.82) is 0 Å². The number of aliphatic hydroxyl groups excluding tert-OH is 15. The molecule has 6 rings (SSSR count). The van der Waals surface area contributed by atoms with Gasteiger partial charge in [0, 0.05) is 62.4 Å². The molecule has 95 heavy (non-hydrogen) atoms. The number of hydrogen-bond donors (Lipinski definition) is 19. The van der Waals surface area contributed by atoms with Gasteiger partial charge >= 0.3 is 5.97 Å². The van der Waals surface area contributed by atoms with E-state index in [4.69, 9.17) is 33.2 Å². The Labute approximate surface area is 552 Å². The van der Waals surface area contributed by atoms with Crippen LogP contribution in [0.3, 0.4) is 0 Å². The molecule has 5 aliphatic rings. The number of carbonyl (C=O) groups excluding carboxylic acids is 2. The zero-order valence-electron chi connectivity index (χ0n) is 53.8. The third kappa shape index (κ3) is 23.5. The number of pyridine rings is 1. The lowest BCUT2D eigenvalue weighted by molar-refractivity contribution is -0.368. The van der Waals surface area contributed by atoms with Gasteiger partial charge in [-0.2, -0.15) is 0 Å². The van der Waals surface area contributed by atoms with E-state index in [-0.39, 0.29) is 38.1 Å². The Morgan fingerprint density at radius 2 is 1.28 bits per heavy atom. The first-order chi connectivity index (χ1) is 45.0. The number of cyclic esters (lactones) is 1. The minimum atomic E-state index is -2.68. The molecule has 1 amide bonds. The third-order valence-electron chi connectivity index (χ3n) is 17.8. The molecule has 0 spiro atoms. The van der Waals surface area contributed by atoms with Crippen molar-refractivity contribution in [3.05, 3.63) is 115 Å². The van der Waals surface area contributed by atoms with Crippen LogP contribution in [0.25, 0.3) is 0 Å². The third-order valence-corrected chi connectivity index (χ3v) is 17.8. The van der Waals surface area contributed by atoms with Gasteiger partial charge in [-0.05, 0) is 45.2 Å². The highest BCUT2D eigenvalue weighted by Crippen LogP contribution is 2.39. The molecule has 4 unspecified atom stereocenters. The first-order valence-corrected chi connectivity index (χ1v) is 32.4. The normalized spacial score (nSPS) is 44.6. The maximum Gasteiger partial charge on any atom is 0.308 e. The molecule has 29 heteroatoms. The Kier molecular flexibility index (Phi) is 31.8. The predicted molar refractivity (Wildman–Crippen MR) is 336 cm³/mol. The lowest BCUT2D eigenvalue weighted by Crippen LogP contribution is -2.70. The van der Waals surface area contributed by atoms with Crippen LogP contribution in [0.4, 0.5) is 0 Å². The van der Waals surface area contributed by atoms with Gasteiger partial charge in [-0.1, -0.05) is 105 Å². The van der Waals surface area contributed by atoms with E-state index in [1.165, 1.54) is 13.0 Å². The highest BCUT2D eigenvalue weighted by Gasteiger charge is 2.55. The van der Waals surface area contributed by atoms with Crippen LogP contribution in [0.15, 0.2) is 109 Å². The number of nitrogens with one attached hydrogen (secondary N) is 2. The Morgan fingerprint density at radius 3 is 1.93 bits per heavy atom. The fourth-order valence-corrected chi connectivity index (χ4v) is 12.0. The summed E-state index contributed by atoms with van der Waals surface area (Å²) in [5.74, 6) is -8.87. The second-order valence-corrected chi connectivity index (χ2v) is 25.4. The zero-order chi connectivity index (χ0) is 69.7. The SMILES string of the molecule is C[C@@H]1[C@H](O)[C@@H](C)/C=C/C=C/C=C/C=C/C=C/C=C/C=C/[C@H](OC2O[C@H](C)[C@@H](O)[C@H](NC[C@@]3(O)OC[C@@H](O)[C@@H](OC4O[C@H](CO)[C@@H](O)[C@H](O)[C@H]4O)[C@@H]3O)[C@@H]2O)CC2O[C@](O)(C[C@@H](O)C[C@@H](O)[C@H](O)CC[C@@H](O)C[C@@H](O)CC(=O)O[C@H]1C)C[C@H](O)C2C(=O)NCCc1ccccn1. The lowest BCUT2D eigenvalue weighted by atomic mass is 9.82. The number of allylic oxidation sites excluding steroid dienone is 12. The molecule has 2 bridgehead atoms. The minimum Gasteiger partial charge on any atom is -0.462 e. The van der Waals surface area contributed by atoms with Crippen molar-refractivity contribution in [3.63, 3.8) is 0 Å². The van der Waals surface area contributed by atoms with Gasteiger partial charge in [0.2, 0.25) is 11.7 Å². The molecule has 4 saturated heterocycles. The number of hydrogen-bond acceptors (Lipinski definition) is 28. The molecule has 1 aromatic rings. The first-order valence-electron chi connectivity index (χ1n) is 32.4. The Morgan fingerprint density at radius 1 is 0.642 bits per heavy atom. The average molecular weight is 1350 g/mol. The van der Waals surface area contributed by atoms with Crippen molar-refractivity contribution in [2.75, 3.05) is 26.3 Å². The molecule has 536 valence electrons. The molecule has 6 heterocycles. The molecular weight excluding hydrogens is 1250 g/mol. The van der Waals surface area contributed by atoms with Gasteiger partial charge in [-0.15, -0.1) is 0 Å². The van der Waals surface area contributed by atoms with Crippen molar-refractivity contribution in [2.45, 2.75) is 238 Å². The van der Waals surface area contributed by atoms with Crippen LogP contribution in [-0.4, -0.2) is 282 Å². The minimum absolute atomic E-state index is 0.0461.